The van der Waals surface area contributed by atoms with Crippen LogP contribution in [0.25, 0.3) is 0 Å². The van der Waals surface area contributed by atoms with Gasteiger partial charge in [-0.25, -0.2) is 0 Å². The van der Waals surface area contributed by atoms with Gasteiger partial charge < -0.3 is 15.4 Å². The summed E-state index contributed by atoms with van der Waals surface area (Å²) in [6, 6.07) is 3.78. The SMILES string of the molecule is COC1CCCN(c2ccc(C(F)(F)F)cc2CN)C1. The van der Waals surface area contributed by atoms with Gasteiger partial charge >= 0.3 is 6.18 Å². The van der Waals surface area contributed by atoms with Gasteiger partial charge in [-0.1, -0.05) is 0 Å². The average Bonchev–Trinajstić information content (AvgIpc) is 2.45. The fourth-order valence-electron chi connectivity index (χ4n) is 2.58. The van der Waals surface area contributed by atoms with Crippen molar-refractivity contribution < 1.29 is 17.9 Å². The molecule has 1 fully saturated rings. The number of rotatable bonds is 3. The second-order valence-electron chi connectivity index (χ2n) is 4.99. The van der Waals surface area contributed by atoms with Crippen molar-refractivity contribution in [2.75, 3.05) is 25.1 Å². The van der Waals surface area contributed by atoms with Gasteiger partial charge in [-0.2, -0.15) is 13.2 Å². The Morgan fingerprint density at radius 2 is 2.15 bits per heavy atom. The summed E-state index contributed by atoms with van der Waals surface area (Å²) in [4.78, 5) is 2.06. The van der Waals surface area contributed by atoms with E-state index in [4.69, 9.17) is 10.5 Å². The Hall–Kier alpha value is -1.27. The van der Waals surface area contributed by atoms with Crippen LogP contribution < -0.4 is 10.6 Å². The highest BCUT2D eigenvalue weighted by Gasteiger charge is 2.31. The van der Waals surface area contributed by atoms with Crippen molar-refractivity contribution in [1.82, 2.24) is 0 Å². The molecule has 1 aliphatic rings. The van der Waals surface area contributed by atoms with Gasteiger partial charge in [-0.05, 0) is 36.6 Å². The van der Waals surface area contributed by atoms with Gasteiger partial charge in [0.1, 0.15) is 0 Å². The molecule has 0 amide bonds. The molecule has 0 bridgehead atoms. The first kappa shape index (κ1) is 15.1. The summed E-state index contributed by atoms with van der Waals surface area (Å²) < 4.78 is 43.5. The maximum Gasteiger partial charge on any atom is 0.416 e. The molecule has 0 saturated carbocycles. The number of halogens is 3. The monoisotopic (exact) mass is 288 g/mol. The van der Waals surface area contributed by atoms with Crippen molar-refractivity contribution in [2.24, 2.45) is 5.73 Å². The van der Waals surface area contributed by atoms with Crippen molar-refractivity contribution >= 4 is 5.69 Å². The largest absolute Gasteiger partial charge is 0.416 e. The number of piperidine rings is 1. The molecule has 1 unspecified atom stereocenters. The Labute approximate surface area is 116 Å². The van der Waals surface area contributed by atoms with E-state index >= 15 is 0 Å². The third kappa shape index (κ3) is 3.24. The molecule has 0 aromatic heterocycles. The molecule has 3 nitrogen and oxygen atoms in total. The van der Waals surface area contributed by atoms with Crippen LogP contribution in [0.15, 0.2) is 18.2 Å². The summed E-state index contributed by atoms with van der Waals surface area (Å²) in [6.07, 6.45) is -2.27. The number of anilines is 1. The lowest BCUT2D eigenvalue weighted by Crippen LogP contribution is -2.39. The second kappa shape index (κ2) is 6.01. The van der Waals surface area contributed by atoms with Crippen LogP contribution in [0.1, 0.15) is 24.0 Å². The number of alkyl halides is 3. The van der Waals surface area contributed by atoms with Gasteiger partial charge in [0.25, 0.3) is 0 Å². The molecule has 1 saturated heterocycles. The first-order valence-electron chi connectivity index (χ1n) is 6.63. The van der Waals surface area contributed by atoms with Gasteiger partial charge in [0.05, 0.1) is 11.7 Å². The fourth-order valence-corrected chi connectivity index (χ4v) is 2.58. The van der Waals surface area contributed by atoms with E-state index in [2.05, 4.69) is 4.90 Å². The van der Waals surface area contributed by atoms with Crippen molar-refractivity contribution in [1.29, 1.82) is 0 Å². The maximum atomic E-state index is 12.7. The van der Waals surface area contributed by atoms with Crippen molar-refractivity contribution in [3.05, 3.63) is 29.3 Å². The molecule has 20 heavy (non-hydrogen) atoms. The molecule has 2 N–H and O–H groups in total. The van der Waals surface area contributed by atoms with Gasteiger partial charge in [0.2, 0.25) is 0 Å². The van der Waals surface area contributed by atoms with E-state index in [1.165, 1.54) is 6.07 Å². The zero-order valence-corrected chi connectivity index (χ0v) is 11.4. The summed E-state index contributed by atoms with van der Waals surface area (Å²) in [6.45, 7) is 1.60. The predicted molar refractivity (Wildman–Crippen MR) is 71.6 cm³/mol. The Kier molecular flexibility index (Phi) is 4.55. The first-order chi connectivity index (χ1) is 9.45. The lowest BCUT2D eigenvalue weighted by molar-refractivity contribution is -0.137. The summed E-state index contributed by atoms with van der Waals surface area (Å²) in [5.41, 5.74) is 6.26. The van der Waals surface area contributed by atoms with Crippen LogP contribution in [0.4, 0.5) is 18.9 Å². The third-order valence-electron chi connectivity index (χ3n) is 3.68. The summed E-state index contributed by atoms with van der Waals surface area (Å²) >= 11 is 0. The van der Waals surface area contributed by atoms with E-state index < -0.39 is 11.7 Å². The molecule has 0 radical (unpaired) electrons. The Bertz CT molecular complexity index is 462. The summed E-state index contributed by atoms with van der Waals surface area (Å²) in [5, 5.41) is 0. The van der Waals surface area contributed by atoms with Gasteiger partial charge in [-0.15, -0.1) is 0 Å². The summed E-state index contributed by atoms with van der Waals surface area (Å²) in [5.74, 6) is 0. The van der Waals surface area contributed by atoms with Crippen LogP contribution in [0.3, 0.4) is 0 Å². The van der Waals surface area contributed by atoms with E-state index in [0.717, 1.165) is 37.2 Å². The zero-order valence-electron chi connectivity index (χ0n) is 11.4. The lowest BCUT2D eigenvalue weighted by Gasteiger charge is -2.35. The highest BCUT2D eigenvalue weighted by Crippen LogP contribution is 2.33. The van der Waals surface area contributed by atoms with Gasteiger partial charge in [0.15, 0.2) is 0 Å². The number of ether oxygens (including phenoxy) is 1. The van der Waals surface area contributed by atoms with Gasteiger partial charge in [0, 0.05) is 32.4 Å². The molecule has 2 rings (SSSR count). The zero-order chi connectivity index (χ0) is 14.8. The highest BCUT2D eigenvalue weighted by atomic mass is 19.4. The Morgan fingerprint density at radius 1 is 1.40 bits per heavy atom. The first-order valence-corrected chi connectivity index (χ1v) is 6.63. The quantitative estimate of drug-likeness (QED) is 0.929. The number of nitrogens with two attached hydrogens (primary N) is 1. The summed E-state index contributed by atoms with van der Waals surface area (Å²) in [7, 11) is 1.66. The van der Waals surface area contributed by atoms with Gasteiger partial charge in [-0.3, -0.25) is 0 Å². The minimum Gasteiger partial charge on any atom is -0.380 e. The van der Waals surface area contributed by atoms with Crippen LogP contribution in [0.2, 0.25) is 0 Å². The number of benzene rings is 1. The van der Waals surface area contributed by atoms with Crippen LogP contribution in [0, 0.1) is 0 Å². The van der Waals surface area contributed by atoms with E-state index in [1.807, 2.05) is 0 Å². The fraction of sp³-hybridized carbons (Fsp3) is 0.571. The van der Waals surface area contributed by atoms with Crippen LogP contribution in [-0.4, -0.2) is 26.3 Å². The average molecular weight is 288 g/mol. The topological polar surface area (TPSA) is 38.5 Å². The third-order valence-corrected chi connectivity index (χ3v) is 3.68. The van der Waals surface area contributed by atoms with Crippen LogP contribution in [-0.2, 0) is 17.5 Å². The molecular weight excluding hydrogens is 269 g/mol. The molecular formula is C14H19F3N2O. The smallest absolute Gasteiger partial charge is 0.380 e. The minimum absolute atomic E-state index is 0.0907. The lowest BCUT2D eigenvalue weighted by atomic mass is 10.0. The van der Waals surface area contributed by atoms with E-state index in [1.54, 1.807) is 7.11 Å². The highest BCUT2D eigenvalue weighted by molar-refractivity contribution is 5.56. The molecule has 0 spiro atoms. The Morgan fingerprint density at radius 3 is 2.75 bits per heavy atom. The number of nitrogens with zero attached hydrogens (tertiary/aromatic N) is 1. The van der Waals surface area contributed by atoms with E-state index in [-0.39, 0.29) is 12.6 Å². The number of methoxy groups -OCH3 is 1. The van der Waals surface area contributed by atoms with Crippen molar-refractivity contribution in [3.8, 4) is 0 Å². The second-order valence-corrected chi connectivity index (χ2v) is 4.99. The predicted octanol–water partition coefficient (Wildman–Crippen LogP) is 2.78. The molecule has 1 atom stereocenters. The Balaban J connectivity index is 2.27. The molecule has 1 heterocycles. The number of hydrogen-bond donors (Lipinski definition) is 1. The van der Waals surface area contributed by atoms with E-state index in [9.17, 15) is 13.2 Å². The molecule has 6 heteroatoms. The molecule has 1 aromatic rings. The van der Waals surface area contributed by atoms with Crippen LogP contribution in [0.5, 0.6) is 0 Å². The van der Waals surface area contributed by atoms with Crippen molar-refractivity contribution in [2.45, 2.75) is 31.7 Å². The maximum absolute atomic E-state index is 12.7. The van der Waals surface area contributed by atoms with Crippen molar-refractivity contribution in [3.63, 3.8) is 0 Å². The molecule has 1 aromatic carbocycles. The molecule has 0 aliphatic carbocycles. The standard InChI is InChI=1S/C14H19F3N2O/c1-20-12-3-2-6-19(9-12)13-5-4-11(14(15,16)17)7-10(13)8-18/h4-5,7,12H,2-3,6,8-9,18H2,1H3. The minimum atomic E-state index is -4.33. The number of hydrogen-bond acceptors (Lipinski definition) is 3. The molecule has 112 valence electrons. The van der Waals surface area contributed by atoms with Crippen LogP contribution >= 0.6 is 0 Å². The normalized spacial score (nSPS) is 20.2. The molecule has 1 aliphatic heterocycles. The van der Waals surface area contributed by atoms with E-state index in [0.29, 0.717) is 12.1 Å².